The van der Waals surface area contributed by atoms with E-state index in [0.717, 1.165) is 12.1 Å². The predicted molar refractivity (Wildman–Crippen MR) is 66.4 cm³/mol. The Balaban J connectivity index is 2.56. The maximum absolute atomic E-state index is 12.7. The van der Waals surface area contributed by atoms with Crippen molar-refractivity contribution in [2.45, 2.75) is 6.18 Å². The average molecular weight is 286 g/mol. The average Bonchev–Trinajstić information content (AvgIpc) is 2.37. The summed E-state index contributed by atoms with van der Waals surface area (Å²) in [4.78, 5) is 6.60. The number of halogens is 3. The van der Waals surface area contributed by atoms with Crippen LogP contribution in [0.3, 0.4) is 0 Å². The second-order valence-electron chi connectivity index (χ2n) is 3.76. The van der Waals surface area contributed by atoms with E-state index in [-0.39, 0.29) is 10.3 Å². The zero-order valence-corrected chi connectivity index (χ0v) is 10.6. The van der Waals surface area contributed by atoms with Gasteiger partial charge in [0.25, 0.3) is 0 Å². The Morgan fingerprint density at radius 3 is 2.58 bits per heavy atom. The Morgan fingerprint density at radius 2 is 1.95 bits per heavy atom. The zero-order chi connectivity index (χ0) is 14.0. The fraction of sp³-hybridized carbons (Fsp3) is 0.167. The molecule has 2 aromatic rings. The molecule has 0 aromatic carbocycles. The first-order chi connectivity index (χ1) is 8.90. The molecule has 0 radical (unpaired) electrons. The lowest BCUT2D eigenvalue weighted by Crippen LogP contribution is -2.05. The maximum atomic E-state index is 12.7. The standard InChI is InChI=1S/C12H9F3N2OS/c1-18-9-2-7(5-16-6-9)10-3-8(12(13,14)15)4-11(19)17-10/h2-6H,1H3,(H,17,19). The van der Waals surface area contributed by atoms with Crippen LogP contribution in [0.1, 0.15) is 5.56 Å². The normalized spacial score (nSPS) is 11.4. The second-order valence-corrected chi connectivity index (χ2v) is 4.20. The smallest absolute Gasteiger partial charge is 0.416 e. The summed E-state index contributed by atoms with van der Waals surface area (Å²) in [7, 11) is 1.45. The van der Waals surface area contributed by atoms with Gasteiger partial charge in [0, 0.05) is 17.5 Å². The van der Waals surface area contributed by atoms with Gasteiger partial charge >= 0.3 is 6.18 Å². The first-order valence-electron chi connectivity index (χ1n) is 5.21. The molecule has 7 heteroatoms. The molecule has 0 aliphatic heterocycles. The van der Waals surface area contributed by atoms with Gasteiger partial charge in [-0.05, 0) is 18.2 Å². The first-order valence-corrected chi connectivity index (χ1v) is 5.62. The second kappa shape index (κ2) is 5.00. The Kier molecular flexibility index (Phi) is 3.57. The van der Waals surface area contributed by atoms with Crippen molar-refractivity contribution in [2.24, 2.45) is 0 Å². The molecule has 0 saturated carbocycles. The lowest BCUT2D eigenvalue weighted by molar-refractivity contribution is -0.137. The molecule has 0 fully saturated rings. The molecule has 0 aliphatic carbocycles. The minimum atomic E-state index is -4.44. The van der Waals surface area contributed by atoms with E-state index in [1.165, 1.54) is 19.5 Å². The van der Waals surface area contributed by atoms with Crippen LogP contribution in [0.4, 0.5) is 13.2 Å². The molecule has 0 saturated heterocycles. The molecule has 2 aromatic heterocycles. The number of hydrogen-bond acceptors (Lipinski definition) is 3. The highest BCUT2D eigenvalue weighted by Gasteiger charge is 2.31. The van der Waals surface area contributed by atoms with E-state index in [9.17, 15) is 13.2 Å². The summed E-state index contributed by atoms with van der Waals surface area (Å²) in [6.45, 7) is 0. The van der Waals surface area contributed by atoms with Gasteiger partial charge in [0.2, 0.25) is 0 Å². The van der Waals surface area contributed by atoms with Gasteiger partial charge in [0.1, 0.15) is 10.4 Å². The summed E-state index contributed by atoms with van der Waals surface area (Å²) in [6.07, 6.45) is -1.54. The van der Waals surface area contributed by atoms with Crippen molar-refractivity contribution in [1.29, 1.82) is 0 Å². The van der Waals surface area contributed by atoms with Gasteiger partial charge in [-0.3, -0.25) is 4.98 Å². The number of alkyl halides is 3. The molecule has 0 atom stereocenters. The molecule has 3 nitrogen and oxygen atoms in total. The van der Waals surface area contributed by atoms with Crippen LogP contribution >= 0.6 is 12.2 Å². The highest BCUT2D eigenvalue weighted by molar-refractivity contribution is 7.71. The number of nitrogens with zero attached hydrogens (tertiary/aromatic N) is 1. The van der Waals surface area contributed by atoms with E-state index in [2.05, 4.69) is 9.97 Å². The highest BCUT2D eigenvalue weighted by Crippen LogP contribution is 2.31. The van der Waals surface area contributed by atoms with Crippen molar-refractivity contribution in [2.75, 3.05) is 7.11 Å². The lowest BCUT2D eigenvalue weighted by Gasteiger charge is -2.09. The number of rotatable bonds is 2. The van der Waals surface area contributed by atoms with Crippen molar-refractivity contribution < 1.29 is 17.9 Å². The molecule has 0 aliphatic rings. The Hall–Kier alpha value is -1.89. The fourth-order valence-corrected chi connectivity index (χ4v) is 1.78. The first kappa shape index (κ1) is 13.5. The SMILES string of the molecule is COc1cncc(-c2cc(C(F)(F)F)cc(=S)[nH]2)c1. The largest absolute Gasteiger partial charge is 0.495 e. The zero-order valence-electron chi connectivity index (χ0n) is 9.78. The number of aromatic amines is 1. The van der Waals surface area contributed by atoms with E-state index in [0.29, 0.717) is 11.3 Å². The third kappa shape index (κ3) is 3.11. The number of nitrogens with one attached hydrogen (secondary N) is 1. The Labute approximate surface area is 112 Å². The molecule has 0 unspecified atom stereocenters. The number of H-pyrrole nitrogens is 1. The molecule has 1 N–H and O–H groups in total. The van der Waals surface area contributed by atoms with Crippen LogP contribution in [0.25, 0.3) is 11.3 Å². The summed E-state index contributed by atoms with van der Waals surface area (Å²) in [5.74, 6) is 0.453. The van der Waals surface area contributed by atoms with E-state index in [1.807, 2.05) is 0 Å². The summed E-state index contributed by atoms with van der Waals surface area (Å²) >= 11 is 4.81. The molecule has 2 heterocycles. The van der Waals surface area contributed by atoms with Crippen molar-refractivity contribution in [3.05, 3.63) is 40.8 Å². The minimum Gasteiger partial charge on any atom is -0.495 e. The summed E-state index contributed by atoms with van der Waals surface area (Å²) < 4.78 is 43.1. The van der Waals surface area contributed by atoms with Crippen LogP contribution in [0, 0.1) is 4.64 Å². The summed E-state index contributed by atoms with van der Waals surface area (Å²) in [5, 5.41) is 0. The van der Waals surface area contributed by atoms with Crippen molar-refractivity contribution in [1.82, 2.24) is 9.97 Å². The molecule has 0 spiro atoms. The molecule has 19 heavy (non-hydrogen) atoms. The monoisotopic (exact) mass is 286 g/mol. The van der Waals surface area contributed by atoms with Crippen LogP contribution in [-0.4, -0.2) is 17.1 Å². The quantitative estimate of drug-likeness (QED) is 0.852. The number of ether oxygens (including phenoxy) is 1. The third-order valence-electron chi connectivity index (χ3n) is 2.43. The van der Waals surface area contributed by atoms with Gasteiger partial charge in [-0.25, -0.2) is 0 Å². The van der Waals surface area contributed by atoms with Crippen LogP contribution in [0.2, 0.25) is 0 Å². The van der Waals surface area contributed by atoms with Crippen LogP contribution in [0.5, 0.6) is 5.75 Å². The summed E-state index contributed by atoms with van der Waals surface area (Å²) in [5.41, 5.74) is -0.0863. The molecular formula is C12H9F3N2OS. The van der Waals surface area contributed by atoms with Crippen molar-refractivity contribution in [3.63, 3.8) is 0 Å². The molecule has 2 rings (SSSR count). The van der Waals surface area contributed by atoms with Gasteiger partial charge in [-0.15, -0.1) is 0 Å². The van der Waals surface area contributed by atoms with E-state index in [4.69, 9.17) is 17.0 Å². The number of hydrogen-bond donors (Lipinski definition) is 1. The maximum Gasteiger partial charge on any atom is 0.416 e. The summed E-state index contributed by atoms with van der Waals surface area (Å²) in [6, 6.07) is 3.45. The molecular weight excluding hydrogens is 277 g/mol. The van der Waals surface area contributed by atoms with Gasteiger partial charge in [-0.2, -0.15) is 13.2 Å². The minimum absolute atomic E-state index is 0.00708. The fourth-order valence-electron chi connectivity index (χ4n) is 1.54. The highest BCUT2D eigenvalue weighted by atomic mass is 32.1. The van der Waals surface area contributed by atoms with Gasteiger partial charge < -0.3 is 9.72 Å². The molecule has 0 bridgehead atoms. The topological polar surface area (TPSA) is 37.9 Å². The lowest BCUT2D eigenvalue weighted by atomic mass is 10.1. The Bertz CT molecular complexity index is 652. The number of pyridine rings is 2. The van der Waals surface area contributed by atoms with Crippen molar-refractivity contribution in [3.8, 4) is 17.0 Å². The van der Waals surface area contributed by atoms with Crippen LogP contribution in [0.15, 0.2) is 30.6 Å². The van der Waals surface area contributed by atoms with Gasteiger partial charge in [0.15, 0.2) is 0 Å². The van der Waals surface area contributed by atoms with E-state index in [1.54, 1.807) is 6.07 Å². The van der Waals surface area contributed by atoms with Crippen LogP contribution < -0.4 is 4.74 Å². The predicted octanol–water partition coefficient (Wildman–Crippen LogP) is 3.83. The van der Waals surface area contributed by atoms with Crippen molar-refractivity contribution >= 4 is 12.2 Å². The third-order valence-corrected chi connectivity index (χ3v) is 2.65. The Morgan fingerprint density at radius 1 is 1.21 bits per heavy atom. The van der Waals surface area contributed by atoms with E-state index >= 15 is 0 Å². The van der Waals surface area contributed by atoms with Gasteiger partial charge in [0.05, 0.1) is 18.9 Å². The van der Waals surface area contributed by atoms with E-state index < -0.39 is 11.7 Å². The van der Waals surface area contributed by atoms with Gasteiger partial charge in [-0.1, -0.05) is 12.2 Å². The number of methoxy groups -OCH3 is 1. The molecule has 0 amide bonds. The molecule has 100 valence electrons. The van der Waals surface area contributed by atoms with Crippen LogP contribution in [-0.2, 0) is 6.18 Å². The number of aromatic nitrogens is 2.